The van der Waals surface area contributed by atoms with Crippen molar-refractivity contribution >= 4 is 28.4 Å². The number of anilines is 1. The van der Waals surface area contributed by atoms with Crippen molar-refractivity contribution in [3.8, 4) is 11.5 Å². The van der Waals surface area contributed by atoms with Crippen LogP contribution < -0.4 is 14.8 Å². The first-order valence-electron chi connectivity index (χ1n) is 12.4. The van der Waals surface area contributed by atoms with E-state index in [1.165, 1.54) is 28.0 Å². The van der Waals surface area contributed by atoms with E-state index in [0.29, 0.717) is 18.8 Å². The van der Waals surface area contributed by atoms with Gasteiger partial charge in [0.05, 0.1) is 25.5 Å². The van der Waals surface area contributed by atoms with E-state index in [1.807, 2.05) is 78.5 Å². The number of methoxy groups -OCH3 is 1. The second-order valence-electron chi connectivity index (χ2n) is 9.06. The lowest BCUT2D eigenvalue weighted by molar-refractivity contribution is -0.111. The van der Waals surface area contributed by atoms with Crippen molar-refractivity contribution in [3.63, 3.8) is 0 Å². The summed E-state index contributed by atoms with van der Waals surface area (Å²) in [5.74, 6) is 1.29. The third-order valence-corrected chi connectivity index (χ3v) is 6.26. The van der Waals surface area contributed by atoms with Crippen LogP contribution in [0, 0.1) is 6.92 Å². The quantitative estimate of drug-likeness (QED) is 0.229. The summed E-state index contributed by atoms with van der Waals surface area (Å²) in [6, 6.07) is 28.2. The highest BCUT2D eigenvalue weighted by Gasteiger charge is 2.07. The number of ether oxygens (including phenoxy) is 2. The van der Waals surface area contributed by atoms with Gasteiger partial charge in [0.1, 0.15) is 18.1 Å². The van der Waals surface area contributed by atoms with Crippen molar-refractivity contribution in [3.05, 3.63) is 126 Å². The van der Waals surface area contributed by atoms with Gasteiger partial charge in [-0.1, -0.05) is 66.2 Å². The van der Waals surface area contributed by atoms with Gasteiger partial charge in [-0.15, -0.1) is 0 Å². The van der Waals surface area contributed by atoms with Gasteiger partial charge in [0, 0.05) is 17.8 Å². The number of hydrogen-bond acceptors (Lipinski definition) is 4. The highest BCUT2D eigenvalue weighted by atomic mass is 16.5. The zero-order valence-corrected chi connectivity index (χ0v) is 21.4. The average Bonchev–Trinajstić information content (AvgIpc) is 3.38. The summed E-state index contributed by atoms with van der Waals surface area (Å²) in [4.78, 5) is 12.6. The van der Waals surface area contributed by atoms with Crippen LogP contribution >= 0.6 is 0 Å². The summed E-state index contributed by atoms with van der Waals surface area (Å²) in [6.07, 6.45) is 6.77. The van der Waals surface area contributed by atoms with Gasteiger partial charge in [0.2, 0.25) is 5.91 Å². The normalized spacial score (nSPS) is 11.1. The topological polar surface area (TPSA) is 65.4 Å². The molecule has 1 heterocycles. The van der Waals surface area contributed by atoms with Gasteiger partial charge in [-0.3, -0.25) is 9.48 Å². The summed E-state index contributed by atoms with van der Waals surface area (Å²) in [5, 5.41) is 9.70. The number of rotatable bonds is 9. The smallest absolute Gasteiger partial charge is 0.248 e. The molecular weight excluding hydrogens is 474 g/mol. The van der Waals surface area contributed by atoms with Gasteiger partial charge in [0.25, 0.3) is 0 Å². The molecule has 5 aromatic rings. The van der Waals surface area contributed by atoms with Crippen LogP contribution in [0.25, 0.3) is 16.8 Å². The van der Waals surface area contributed by atoms with E-state index in [1.54, 1.807) is 19.4 Å². The molecule has 5 rings (SSSR count). The minimum absolute atomic E-state index is 0.233. The minimum atomic E-state index is -0.233. The van der Waals surface area contributed by atoms with Crippen molar-refractivity contribution in [1.29, 1.82) is 0 Å². The Morgan fingerprint density at radius 2 is 1.79 bits per heavy atom. The number of nitrogens with zero attached hydrogens (tertiary/aromatic N) is 2. The third-order valence-electron chi connectivity index (χ3n) is 6.26. The van der Waals surface area contributed by atoms with Crippen molar-refractivity contribution in [1.82, 2.24) is 9.78 Å². The van der Waals surface area contributed by atoms with Crippen LogP contribution in [0.3, 0.4) is 0 Å². The fourth-order valence-electron chi connectivity index (χ4n) is 4.29. The van der Waals surface area contributed by atoms with Crippen LogP contribution in [0.5, 0.6) is 11.5 Å². The first-order valence-corrected chi connectivity index (χ1v) is 12.4. The Bertz CT molecular complexity index is 1580. The number of amides is 1. The Labute approximate surface area is 222 Å². The molecule has 1 N–H and O–H groups in total. The molecule has 0 saturated carbocycles. The molecule has 0 aliphatic heterocycles. The van der Waals surface area contributed by atoms with Crippen LogP contribution in [-0.2, 0) is 17.9 Å². The average molecular weight is 504 g/mol. The Kier molecular flexibility index (Phi) is 7.50. The van der Waals surface area contributed by atoms with Gasteiger partial charge >= 0.3 is 0 Å². The maximum atomic E-state index is 12.6. The molecular formula is C32H29N3O3. The van der Waals surface area contributed by atoms with Gasteiger partial charge in [-0.2, -0.15) is 5.10 Å². The van der Waals surface area contributed by atoms with Gasteiger partial charge < -0.3 is 14.8 Å². The van der Waals surface area contributed by atoms with Crippen molar-refractivity contribution < 1.29 is 14.3 Å². The van der Waals surface area contributed by atoms with E-state index >= 15 is 0 Å². The maximum Gasteiger partial charge on any atom is 0.248 e. The van der Waals surface area contributed by atoms with E-state index in [9.17, 15) is 4.79 Å². The van der Waals surface area contributed by atoms with Crippen molar-refractivity contribution in [2.24, 2.45) is 0 Å². The zero-order valence-electron chi connectivity index (χ0n) is 21.4. The van der Waals surface area contributed by atoms with Crippen LogP contribution in [0.1, 0.15) is 22.3 Å². The number of carbonyl (C=O) groups excluding carboxylic acids is 1. The number of aromatic nitrogens is 2. The number of hydrogen-bond donors (Lipinski definition) is 1. The monoisotopic (exact) mass is 503 g/mol. The maximum absolute atomic E-state index is 12.6. The summed E-state index contributed by atoms with van der Waals surface area (Å²) in [7, 11) is 1.63. The lowest BCUT2D eigenvalue weighted by atomic mass is 10.0. The van der Waals surface area contributed by atoms with Crippen molar-refractivity contribution in [2.45, 2.75) is 20.1 Å². The largest absolute Gasteiger partial charge is 0.496 e. The fourth-order valence-corrected chi connectivity index (χ4v) is 4.29. The molecule has 0 fully saturated rings. The highest BCUT2D eigenvalue weighted by molar-refractivity contribution is 6.01. The molecule has 1 amide bonds. The number of benzene rings is 4. The number of nitrogens with one attached hydrogen (secondary N) is 1. The van der Waals surface area contributed by atoms with E-state index < -0.39 is 0 Å². The van der Waals surface area contributed by atoms with E-state index in [2.05, 4.69) is 34.7 Å². The Morgan fingerprint density at radius 1 is 0.974 bits per heavy atom. The summed E-state index contributed by atoms with van der Waals surface area (Å²) in [5.41, 5.74) is 4.76. The molecule has 0 aliphatic carbocycles. The molecule has 0 saturated heterocycles. The molecule has 0 bridgehead atoms. The molecule has 1 aromatic heterocycles. The highest BCUT2D eigenvalue weighted by Crippen LogP contribution is 2.23. The minimum Gasteiger partial charge on any atom is -0.496 e. The van der Waals surface area contributed by atoms with Gasteiger partial charge in [-0.05, 0) is 59.2 Å². The lowest BCUT2D eigenvalue weighted by Crippen LogP contribution is -2.07. The molecule has 38 heavy (non-hydrogen) atoms. The number of aryl methyl sites for hydroxylation is 1. The predicted molar refractivity (Wildman–Crippen MR) is 151 cm³/mol. The van der Waals surface area contributed by atoms with Crippen LogP contribution in [0.4, 0.5) is 5.69 Å². The van der Waals surface area contributed by atoms with Crippen LogP contribution in [0.2, 0.25) is 0 Å². The molecule has 0 unspecified atom stereocenters. The Balaban J connectivity index is 1.21. The van der Waals surface area contributed by atoms with E-state index in [0.717, 1.165) is 22.6 Å². The molecule has 190 valence electrons. The summed E-state index contributed by atoms with van der Waals surface area (Å²) >= 11 is 0. The number of carbonyl (C=O) groups is 1. The van der Waals surface area contributed by atoms with Gasteiger partial charge in [0.15, 0.2) is 0 Å². The molecule has 0 aliphatic rings. The van der Waals surface area contributed by atoms with E-state index in [4.69, 9.17) is 9.47 Å². The summed E-state index contributed by atoms with van der Waals surface area (Å²) in [6.45, 7) is 3.01. The predicted octanol–water partition coefficient (Wildman–Crippen LogP) is 6.63. The zero-order chi connectivity index (χ0) is 26.3. The lowest BCUT2D eigenvalue weighted by Gasteiger charge is -2.11. The SMILES string of the molecule is COc1ccc(/C=C/C(=O)Nc2cnn(Cc3cccc4ccccc34)c2)cc1COc1ccc(C)cc1. The van der Waals surface area contributed by atoms with Crippen LogP contribution in [0.15, 0.2) is 103 Å². The molecule has 4 aromatic carbocycles. The molecule has 0 spiro atoms. The third kappa shape index (κ3) is 6.10. The second-order valence-corrected chi connectivity index (χ2v) is 9.06. The molecule has 6 heteroatoms. The molecule has 0 atom stereocenters. The van der Waals surface area contributed by atoms with Gasteiger partial charge in [-0.25, -0.2) is 0 Å². The Hall–Kier alpha value is -4.84. The fraction of sp³-hybridized carbons (Fsp3) is 0.125. The Morgan fingerprint density at radius 3 is 2.63 bits per heavy atom. The van der Waals surface area contributed by atoms with E-state index in [-0.39, 0.29) is 5.91 Å². The first kappa shape index (κ1) is 24.8. The molecule has 0 radical (unpaired) electrons. The number of fused-ring (bicyclic) bond motifs is 1. The van der Waals surface area contributed by atoms with Crippen molar-refractivity contribution in [2.75, 3.05) is 12.4 Å². The first-order chi connectivity index (χ1) is 18.6. The van der Waals surface area contributed by atoms with Crippen LogP contribution in [-0.4, -0.2) is 22.8 Å². The molecule has 6 nitrogen and oxygen atoms in total. The second kappa shape index (κ2) is 11.5. The summed E-state index contributed by atoms with van der Waals surface area (Å²) < 4.78 is 13.2. The standard InChI is InChI=1S/C32H29N3O3/c1-23-10-14-29(15-11-23)38-22-27-18-24(12-16-31(27)37-2)13-17-32(36)34-28-19-33-35(21-28)20-26-8-5-7-25-6-3-4-9-30(25)26/h3-19,21H,20,22H2,1-2H3,(H,34,36)/b17-13+.